The van der Waals surface area contributed by atoms with Crippen molar-refractivity contribution in [2.24, 2.45) is 0 Å². The maximum Gasteiger partial charge on any atom is 0.238 e. The number of rotatable bonds is 5. The largest absolute Gasteiger partial charge is 0.336 e. The maximum absolute atomic E-state index is 12.9. The Hall–Kier alpha value is -1.93. The molecule has 1 unspecified atom stereocenters. The first-order valence-corrected chi connectivity index (χ1v) is 8.14. The molecule has 1 fully saturated rings. The SMILES string of the molecule is CC(C(=O)NC1(C#N)CCCCC1)N(C)Cc1ccc(F)cc1. The van der Waals surface area contributed by atoms with E-state index in [1.807, 2.05) is 18.9 Å². The summed E-state index contributed by atoms with van der Waals surface area (Å²) in [5.74, 6) is -0.395. The van der Waals surface area contributed by atoms with E-state index in [2.05, 4.69) is 11.4 Å². The van der Waals surface area contributed by atoms with Crippen LogP contribution in [0.5, 0.6) is 0 Å². The van der Waals surface area contributed by atoms with Crippen LogP contribution in [0.1, 0.15) is 44.6 Å². The molecule has 1 amide bonds. The highest BCUT2D eigenvalue weighted by atomic mass is 19.1. The normalized spacial score (nSPS) is 18.2. The number of nitriles is 1. The van der Waals surface area contributed by atoms with Gasteiger partial charge in [0, 0.05) is 6.54 Å². The van der Waals surface area contributed by atoms with Gasteiger partial charge in [-0.1, -0.05) is 31.4 Å². The second-order valence-electron chi connectivity index (χ2n) is 6.46. The third-order valence-corrected chi connectivity index (χ3v) is 4.67. The van der Waals surface area contributed by atoms with Crippen molar-refractivity contribution in [3.05, 3.63) is 35.6 Å². The van der Waals surface area contributed by atoms with Crippen LogP contribution in [-0.2, 0) is 11.3 Å². The molecule has 23 heavy (non-hydrogen) atoms. The van der Waals surface area contributed by atoms with Gasteiger partial charge in [-0.05, 0) is 44.5 Å². The molecule has 1 N–H and O–H groups in total. The van der Waals surface area contributed by atoms with Crippen molar-refractivity contribution in [3.63, 3.8) is 0 Å². The molecule has 1 atom stereocenters. The van der Waals surface area contributed by atoms with E-state index >= 15 is 0 Å². The first-order chi connectivity index (χ1) is 11.0. The Morgan fingerprint density at radius 3 is 2.52 bits per heavy atom. The molecule has 124 valence electrons. The minimum Gasteiger partial charge on any atom is -0.336 e. The molecule has 1 aliphatic carbocycles. The van der Waals surface area contributed by atoms with Gasteiger partial charge in [-0.15, -0.1) is 0 Å². The quantitative estimate of drug-likeness (QED) is 0.908. The first-order valence-electron chi connectivity index (χ1n) is 8.14. The van der Waals surface area contributed by atoms with Gasteiger partial charge in [-0.2, -0.15) is 5.26 Å². The van der Waals surface area contributed by atoms with Crippen LogP contribution in [-0.4, -0.2) is 29.4 Å². The van der Waals surface area contributed by atoms with Crippen LogP contribution >= 0.6 is 0 Å². The maximum atomic E-state index is 12.9. The number of carbonyl (C=O) groups is 1. The van der Waals surface area contributed by atoms with Gasteiger partial charge in [0.1, 0.15) is 11.4 Å². The number of hydrogen-bond acceptors (Lipinski definition) is 3. The lowest BCUT2D eigenvalue weighted by atomic mass is 9.82. The highest BCUT2D eigenvalue weighted by molar-refractivity contribution is 5.82. The van der Waals surface area contributed by atoms with E-state index in [1.54, 1.807) is 12.1 Å². The van der Waals surface area contributed by atoms with Gasteiger partial charge >= 0.3 is 0 Å². The summed E-state index contributed by atoms with van der Waals surface area (Å²) in [6, 6.07) is 8.22. The van der Waals surface area contributed by atoms with E-state index in [9.17, 15) is 14.4 Å². The van der Waals surface area contributed by atoms with Crippen LogP contribution in [0.4, 0.5) is 4.39 Å². The number of carbonyl (C=O) groups excluding carboxylic acids is 1. The third kappa shape index (κ3) is 4.52. The van der Waals surface area contributed by atoms with E-state index in [1.165, 1.54) is 12.1 Å². The Balaban J connectivity index is 1.95. The van der Waals surface area contributed by atoms with Crippen LogP contribution in [0.3, 0.4) is 0 Å². The molecule has 1 aliphatic rings. The molecular formula is C18H24FN3O. The molecule has 0 saturated heterocycles. The van der Waals surface area contributed by atoms with E-state index in [0.29, 0.717) is 6.54 Å². The Morgan fingerprint density at radius 2 is 1.96 bits per heavy atom. The zero-order valence-electron chi connectivity index (χ0n) is 13.8. The van der Waals surface area contributed by atoms with Crippen molar-refractivity contribution in [2.75, 3.05) is 7.05 Å². The fraction of sp³-hybridized carbons (Fsp3) is 0.556. The summed E-state index contributed by atoms with van der Waals surface area (Å²) in [6.45, 7) is 2.38. The molecule has 1 aromatic carbocycles. The molecule has 0 aliphatic heterocycles. The fourth-order valence-corrected chi connectivity index (χ4v) is 2.98. The Morgan fingerprint density at radius 1 is 1.35 bits per heavy atom. The van der Waals surface area contributed by atoms with Gasteiger partial charge in [-0.25, -0.2) is 4.39 Å². The lowest BCUT2D eigenvalue weighted by Gasteiger charge is -2.34. The smallest absolute Gasteiger partial charge is 0.238 e. The van der Waals surface area contributed by atoms with Crippen molar-refractivity contribution in [1.29, 1.82) is 5.26 Å². The van der Waals surface area contributed by atoms with Gasteiger partial charge in [0.15, 0.2) is 0 Å². The van der Waals surface area contributed by atoms with Crippen molar-refractivity contribution >= 4 is 5.91 Å². The summed E-state index contributed by atoms with van der Waals surface area (Å²) in [4.78, 5) is 14.4. The predicted molar refractivity (Wildman–Crippen MR) is 86.9 cm³/mol. The van der Waals surface area contributed by atoms with Crippen LogP contribution in [0.25, 0.3) is 0 Å². The predicted octanol–water partition coefficient (Wildman–Crippen LogP) is 2.99. The standard InChI is InChI=1S/C18H24FN3O/c1-14(22(2)12-15-6-8-16(19)9-7-15)17(23)21-18(13-20)10-4-3-5-11-18/h6-9,14H,3-5,10-12H2,1-2H3,(H,21,23). The van der Waals surface area contributed by atoms with Gasteiger partial charge in [-0.3, -0.25) is 9.69 Å². The topological polar surface area (TPSA) is 56.1 Å². The minimum atomic E-state index is -0.708. The van der Waals surface area contributed by atoms with E-state index < -0.39 is 5.54 Å². The summed E-state index contributed by atoms with van der Waals surface area (Å²) < 4.78 is 12.9. The molecule has 1 saturated carbocycles. The van der Waals surface area contributed by atoms with Crippen molar-refractivity contribution in [1.82, 2.24) is 10.2 Å². The highest BCUT2D eigenvalue weighted by Crippen LogP contribution is 2.27. The molecular weight excluding hydrogens is 293 g/mol. The van der Waals surface area contributed by atoms with Crippen molar-refractivity contribution in [2.45, 2.75) is 57.2 Å². The molecule has 0 radical (unpaired) electrons. The fourth-order valence-electron chi connectivity index (χ4n) is 2.98. The molecule has 4 nitrogen and oxygen atoms in total. The Kier molecular flexibility index (Phi) is 5.73. The lowest BCUT2D eigenvalue weighted by molar-refractivity contribution is -0.127. The van der Waals surface area contributed by atoms with E-state index in [-0.39, 0.29) is 17.8 Å². The van der Waals surface area contributed by atoms with E-state index in [0.717, 1.165) is 37.7 Å². The van der Waals surface area contributed by atoms with Crippen LogP contribution in [0, 0.1) is 17.1 Å². The molecule has 0 spiro atoms. The highest BCUT2D eigenvalue weighted by Gasteiger charge is 2.35. The van der Waals surface area contributed by atoms with Gasteiger partial charge in [0.25, 0.3) is 0 Å². The third-order valence-electron chi connectivity index (χ3n) is 4.67. The summed E-state index contributed by atoms with van der Waals surface area (Å²) in [5.41, 5.74) is 0.238. The second-order valence-corrected chi connectivity index (χ2v) is 6.46. The number of hydrogen-bond donors (Lipinski definition) is 1. The summed E-state index contributed by atoms with van der Waals surface area (Å²) in [5, 5.41) is 12.4. The lowest BCUT2D eigenvalue weighted by Crippen LogP contribution is -2.54. The van der Waals surface area contributed by atoms with Crippen molar-refractivity contribution in [3.8, 4) is 6.07 Å². The number of amides is 1. The number of halogens is 1. The second kappa shape index (κ2) is 7.56. The number of nitrogens with zero attached hydrogens (tertiary/aromatic N) is 2. The summed E-state index contributed by atoms with van der Waals surface area (Å²) >= 11 is 0. The monoisotopic (exact) mass is 317 g/mol. The zero-order chi connectivity index (χ0) is 16.9. The van der Waals surface area contributed by atoms with Crippen molar-refractivity contribution < 1.29 is 9.18 Å². The number of likely N-dealkylation sites (N-methyl/N-ethyl adjacent to an activating group) is 1. The molecule has 0 aromatic heterocycles. The van der Waals surface area contributed by atoms with Gasteiger partial charge in [0.2, 0.25) is 5.91 Å². The zero-order valence-corrected chi connectivity index (χ0v) is 13.8. The molecule has 0 heterocycles. The summed E-state index contributed by atoms with van der Waals surface area (Å²) in [7, 11) is 1.85. The van der Waals surface area contributed by atoms with Crippen LogP contribution in [0.2, 0.25) is 0 Å². The molecule has 1 aromatic rings. The van der Waals surface area contributed by atoms with Gasteiger partial charge < -0.3 is 5.32 Å². The average Bonchev–Trinajstić information content (AvgIpc) is 2.57. The van der Waals surface area contributed by atoms with E-state index in [4.69, 9.17) is 0 Å². The van der Waals surface area contributed by atoms with Crippen LogP contribution < -0.4 is 5.32 Å². The Bertz CT molecular complexity index is 573. The molecule has 5 heteroatoms. The average molecular weight is 317 g/mol. The Labute approximate surface area is 137 Å². The minimum absolute atomic E-state index is 0.127. The first kappa shape index (κ1) is 17.4. The number of benzene rings is 1. The summed E-state index contributed by atoms with van der Waals surface area (Å²) in [6.07, 6.45) is 4.54. The van der Waals surface area contributed by atoms with Gasteiger partial charge in [0.05, 0.1) is 12.1 Å². The molecule has 2 rings (SSSR count). The number of nitrogens with one attached hydrogen (secondary N) is 1. The van der Waals surface area contributed by atoms with Crippen LogP contribution in [0.15, 0.2) is 24.3 Å². The molecule has 0 bridgehead atoms.